The minimum atomic E-state index is -2.81. The van der Waals surface area contributed by atoms with Crippen LogP contribution in [0.15, 0.2) is 36.4 Å². The Morgan fingerprint density at radius 1 is 0.897 bits per heavy atom. The van der Waals surface area contributed by atoms with Crippen molar-refractivity contribution >= 4 is 0 Å². The molecule has 0 spiro atoms. The van der Waals surface area contributed by atoms with Crippen molar-refractivity contribution in [3.05, 3.63) is 53.6 Å². The van der Waals surface area contributed by atoms with Gasteiger partial charge in [-0.05, 0) is 79.2 Å². The van der Waals surface area contributed by atoms with Crippen LogP contribution >= 0.6 is 0 Å². The Labute approximate surface area is 167 Å². The van der Waals surface area contributed by atoms with Crippen molar-refractivity contribution in [1.29, 1.82) is 0 Å². The van der Waals surface area contributed by atoms with Crippen molar-refractivity contribution in [2.45, 2.75) is 50.9 Å². The SMILES string of the molecule is FCCCC1CCC(c2ccc(-c3cc(F)c(OCC(F)F)c(F)c3)cc2)CC1. The van der Waals surface area contributed by atoms with Crippen molar-refractivity contribution in [3.8, 4) is 16.9 Å². The molecule has 0 atom stereocenters. The Morgan fingerprint density at radius 2 is 1.52 bits per heavy atom. The topological polar surface area (TPSA) is 9.23 Å². The van der Waals surface area contributed by atoms with Gasteiger partial charge < -0.3 is 4.74 Å². The highest BCUT2D eigenvalue weighted by molar-refractivity contribution is 5.65. The third-order valence-electron chi connectivity index (χ3n) is 5.66. The predicted molar refractivity (Wildman–Crippen MR) is 103 cm³/mol. The summed E-state index contributed by atoms with van der Waals surface area (Å²) in [6.45, 7) is -1.31. The maximum atomic E-state index is 14.1. The van der Waals surface area contributed by atoms with E-state index in [0.29, 0.717) is 29.4 Å². The smallest absolute Gasteiger partial charge is 0.272 e. The molecule has 0 radical (unpaired) electrons. The Bertz CT molecular complexity index is 759. The first kappa shape index (κ1) is 21.6. The Balaban J connectivity index is 1.66. The molecular weight excluding hydrogens is 387 g/mol. The zero-order chi connectivity index (χ0) is 20.8. The van der Waals surface area contributed by atoms with Crippen LogP contribution in [0.25, 0.3) is 11.1 Å². The lowest BCUT2D eigenvalue weighted by Gasteiger charge is -2.28. The fraction of sp³-hybridized carbons (Fsp3) is 0.478. The van der Waals surface area contributed by atoms with E-state index < -0.39 is 30.4 Å². The van der Waals surface area contributed by atoms with Gasteiger partial charge in [0.05, 0.1) is 6.67 Å². The van der Waals surface area contributed by atoms with Gasteiger partial charge in [-0.1, -0.05) is 24.3 Å². The minimum absolute atomic E-state index is 0.248. The lowest BCUT2D eigenvalue weighted by Crippen LogP contribution is -2.13. The number of ether oxygens (including phenoxy) is 1. The number of hydrogen-bond acceptors (Lipinski definition) is 1. The Kier molecular flexibility index (Phi) is 7.51. The van der Waals surface area contributed by atoms with E-state index in [1.807, 2.05) is 24.3 Å². The number of benzene rings is 2. The van der Waals surface area contributed by atoms with Crippen LogP contribution in [0.2, 0.25) is 0 Å². The Hall–Kier alpha value is -2.11. The molecule has 1 saturated carbocycles. The van der Waals surface area contributed by atoms with Gasteiger partial charge in [0.2, 0.25) is 0 Å². The molecule has 0 bridgehead atoms. The van der Waals surface area contributed by atoms with Gasteiger partial charge in [0, 0.05) is 0 Å². The van der Waals surface area contributed by atoms with Crippen molar-refractivity contribution in [3.63, 3.8) is 0 Å². The molecule has 1 aliphatic rings. The molecule has 29 heavy (non-hydrogen) atoms. The predicted octanol–water partition coefficient (Wildman–Crippen LogP) is 7.30. The molecule has 1 fully saturated rings. The van der Waals surface area contributed by atoms with Crippen molar-refractivity contribution < 1.29 is 26.7 Å². The van der Waals surface area contributed by atoms with Crippen molar-refractivity contribution in [1.82, 2.24) is 0 Å². The largest absolute Gasteiger partial charge is 0.482 e. The van der Waals surface area contributed by atoms with Crippen molar-refractivity contribution in [2.75, 3.05) is 13.3 Å². The summed E-state index contributed by atoms with van der Waals surface area (Å²) in [4.78, 5) is 0. The molecule has 2 aromatic rings. The monoisotopic (exact) mass is 412 g/mol. The number of hydrogen-bond donors (Lipinski definition) is 0. The quantitative estimate of drug-likeness (QED) is 0.413. The van der Waals surface area contributed by atoms with E-state index in [0.717, 1.165) is 44.2 Å². The molecule has 2 aromatic carbocycles. The summed E-state index contributed by atoms with van der Waals surface area (Å²) < 4.78 is 69.5. The summed E-state index contributed by atoms with van der Waals surface area (Å²) in [6, 6.07) is 9.76. The second kappa shape index (κ2) is 10.1. The van der Waals surface area contributed by atoms with Crippen LogP contribution in [-0.2, 0) is 0 Å². The van der Waals surface area contributed by atoms with Crippen molar-refractivity contribution in [2.24, 2.45) is 5.92 Å². The van der Waals surface area contributed by atoms with Crippen LogP contribution < -0.4 is 4.74 Å². The van der Waals surface area contributed by atoms with Gasteiger partial charge >= 0.3 is 0 Å². The number of rotatable bonds is 8. The fourth-order valence-electron chi connectivity index (χ4n) is 4.11. The third-order valence-corrected chi connectivity index (χ3v) is 5.66. The molecular formula is C23H25F5O. The van der Waals surface area contributed by atoms with Gasteiger partial charge in [-0.15, -0.1) is 0 Å². The molecule has 0 N–H and O–H groups in total. The molecule has 0 aliphatic heterocycles. The maximum absolute atomic E-state index is 14.1. The van der Waals surface area contributed by atoms with E-state index in [-0.39, 0.29) is 6.67 Å². The van der Waals surface area contributed by atoms with Gasteiger partial charge in [0.1, 0.15) is 6.61 Å². The van der Waals surface area contributed by atoms with E-state index in [2.05, 4.69) is 4.74 Å². The molecule has 1 nitrogen and oxygen atoms in total. The Morgan fingerprint density at radius 3 is 2.07 bits per heavy atom. The number of alkyl halides is 3. The normalized spacial score (nSPS) is 19.5. The third kappa shape index (κ3) is 5.71. The second-order valence-electron chi connectivity index (χ2n) is 7.64. The van der Waals surface area contributed by atoms with E-state index >= 15 is 0 Å². The first-order valence-corrected chi connectivity index (χ1v) is 10.0. The standard InChI is InChI=1S/C23H25F5O/c24-11-1-2-15-3-5-16(6-4-15)17-7-9-18(10-8-17)19-12-20(25)23(21(26)13-19)29-14-22(27)28/h7-10,12-13,15-16,22H,1-6,11,14H2. The van der Waals surface area contributed by atoms with Gasteiger partial charge in [-0.3, -0.25) is 4.39 Å². The molecule has 158 valence electrons. The molecule has 0 saturated heterocycles. The molecule has 6 heteroatoms. The summed E-state index contributed by atoms with van der Waals surface area (Å²) in [5.74, 6) is -1.73. The molecule has 1 aliphatic carbocycles. The van der Waals surface area contributed by atoms with E-state index in [1.54, 1.807) is 0 Å². The summed E-state index contributed by atoms with van der Waals surface area (Å²) in [5.41, 5.74) is 2.16. The van der Waals surface area contributed by atoms with Gasteiger partial charge in [-0.25, -0.2) is 17.6 Å². The van der Waals surface area contributed by atoms with E-state index in [9.17, 15) is 22.0 Å². The summed E-state index contributed by atoms with van der Waals surface area (Å²) >= 11 is 0. The zero-order valence-corrected chi connectivity index (χ0v) is 16.2. The van der Waals surface area contributed by atoms with Crippen LogP contribution in [0.1, 0.15) is 50.0 Å². The zero-order valence-electron chi connectivity index (χ0n) is 16.2. The highest BCUT2D eigenvalue weighted by atomic mass is 19.3. The molecule has 0 amide bonds. The molecule has 0 aromatic heterocycles. The van der Waals surface area contributed by atoms with Crippen LogP contribution in [0, 0.1) is 17.6 Å². The first-order chi connectivity index (χ1) is 14.0. The summed E-state index contributed by atoms with van der Waals surface area (Å²) in [5, 5.41) is 0. The average Bonchev–Trinajstić information content (AvgIpc) is 2.72. The van der Waals surface area contributed by atoms with Crippen LogP contribution in [0.5, 0.6) is 5.75 Å². The highest BCUT2D eigenvalue weighted by Gasteiger charge is 2.22. The van der Waals surface area contributed by atoms with Gasteiger partial charge in [0.25, 0.3) is 6.43 Å². The molecule has 0 unspecified atom stereocenters. The lowest BCUT2D eigenvalue weighted by atomic mass is 9.77. The first-order valence-electron chi connectivity index (χ1n) is 10.0. The summed E-state index contributed by atoms with van der Waals surface area (Å²) in [6.07, 6.45) is 3.12. The average molecular weight is 412 g/mol. The fourth-order valence-corrected chi connectivity index (χ4v) is 4.11. The minimum Gasteiger partial charge on any atom is -0.482 e. The highest BCUT2D eigenvalue weighted by Crippen LogP contribution is 2.38. The van der Waals surface area contributed by atoms with Crippen LogP contribution in [0.4, 0.5) is 22.0 Å². The van der Waals surface area contributed by atoms with E-state index in [4.69, 9.17) is 0 Å². The van der Waals surface area contributed by atoms with Gasteiger partial charge in [-0.2, -0.15) is 0 Å². The van der Waals surface area contributed by atoms with Crippen LogP contribution in [0.3, 0.4) is 0 Å². The second-order valence-corrected chi connectivity index (χ2v) is 7.64. The lowest BCUT2D eigenvalue weighted by molar-refractivity contribution is 0.0777. The van der Waals surface area contributed by atoms with Gasteiger partial charge in [0.15, 0.2) is 17.4 Å². The van der Waals surface area contributed by atoms with E-state index in [1.165, 1.54) is 5.56 Å². The molecule has 3 rings (SSSR count). The molecule has 0 heterocycles. The van der Waals surface area contributed by atoms with Crippen LogP contribution in [-0.4, -0.2) is 19.7 Å². The number of halogens is 5. The summed E-state index contributed by atoms with van der Waals surface area (Å²) in [7, 11) is 0. The maximum Gasteiger partial charge on any atom is 0.272 e.